The van der Waals surface area contributed by atoms with Gasteiger partial charge in [0.05, 0.1) is 0 Å². The third kappa shape index (κ3) is 4.29. The minimum absolute atomic E-state index is 0.727. The standard InChI is InChI=1S/C20H32N4/c1-16-12-17(2)14-18(13-16)6-8-22-20(21-3)24-11-7-19(15-24)23-9-4-5-10-23/h12-14,19H,4-11,15H2,1-3H3,(H,21,22). The third-order valence-electron chi connectivity index (χ3n) is 5.31. The van der Waals surface area contributed by atoms with Crippen LogP contribution >= 0.6 is 0 Å². The monoisotopic (exact) mass is 328 g/mol. The van der Waals surface area contributed by atoms with E-state index in [0.717, 1.165) is 38.1 Å². The maximum atomic E-state index is 4.51. The molecule has 0 aromatic heterocycles. The van der Waals surface area contributed by atoms with Crippen LogP contribution in [0.5, 0.6) is 0 Å². The van der Waals surface area contributed by atoms with Crippen molar-refractivity contribution < 1.29 is 0 Å². The van der Waals surface area contributed by atoms with Gasteiger partial charge in [0.25, 0.3) is 0 Å². The molecule has 1 aromatic rings. The first-order valence-corrected chi connectivity index (χ1v) is 9.42. The Morgan fingerprint density at radius 2 is 1.83 bits per heavy atom. The van der Waals surface area contributed by atoms with Gasteiger partial charge in [-0.05, 0) is 58.2 Å². The van der Waals surface area contributed by atoms with Gasteiger partial charge in [-0.1, -0.05) is 29.3 Å². The number of hydrogen-bond acceptors (Lipinski definition) is 2. The van der Waals surface area contributed by atoms with Crippen molar-refractivity contribution in [3.63, 3.8) is 0 Å². The lowest BCUT2D eigenvalue weighted by Gasteiger charge is -2.25. The minimum atomic E-state index is 0.727. The molecule has 1 aromatic carbocycles. The number of hydrogen-bond donors (Lipinski definition) is 1. The molecular formula is C20H32N4. The molecule has 4 heteroatoms. The Bertz CT molecular complexity index is 555. The van der Waals surface area contributed by atoms with Crippen LogP contribution in [0.1, 0.15) is 36.0 Å². The zero-order valence-electron chi connectivity index (χ0n) is 15.5. The summed E-state index contributed by atoms with van der Waals surface area (Å²) in [5, 5.41) is 3.57. The number of benzene rings is 1. The lowest BCUT2D eigenvalue weighted by atomic mass is 10.1. The maximum absolute atomic E-state index is 4.51. The summed E-state index contributed by atoms with van der Waals surface area (Å²) in [6.07, 6.45) is 5.07. The van der Waals surface area contributed by atoms with E-state index in [9.17, 15) is 0 Å². The highest BCUT2D eigenvalue weighted by molar-refractivity contribution is 5.80. The van der Waals surface area contributed by atoms with Gasteiger partial charge in [0.1, 0.15) is 0 Å². The van der Waals surface area contributed by atoms with Crippen LogP contribution in [-0.2, 0) is 6.42 Å². The van der Waals surface area contributed by atoms with Crippen molar-refractivity contribution in [2.45, 2.75) is 45.6 Å². The lowest BCUT2D eigenvalue weighted by Crippen LogP contribution is -2.43. The smallest absolute Gasteiger partial charge is 0.193 e. The molecule has 0 saturated carbocycles. The summed E-state index contributed by atoms with van der Waals surface area (Å²) < 4.78 is 0. The summed E-state index contributed by atoms with van der Waals surface area (Å²) in [6, 6.07) is 7.54. The molecule has 24 heavy (non-hydrogen) atoms. The zero-order chi connectivity index (χ0) is 16.9. The van der Waals surface area contributed by atoms with Crippen LogP contribution in [0, 0.1) is 13.8 Å². The van der Waals surface area contributed by atoms with Crippen molar-refractivity contribution in [2.24, 2.45) is 4.99 Å². The summed E-state index contributed by atoms with van der Waals surface area (Å²) in [5.41, 5.74) is 4.11. The molecule has 3 rings (SSSR count). The van der Waals surface area contributed by atoms with Gasteiger partial charge in [-0.2, -0.15) is 0 Å². The zero-order valence-corrected chi connectivity index (χ0v) is 15.5. The molecule has 0 bridgehead atoms. The lowest BCUT2D eigenvalue weighted by molar-refractivity contribution is 0.249. The van der Waals surface area contributed by atoms with E-state index in [2.05, 4.69) is 52.2 Å². The molecule has 2 aliphatic heterocycles. The normalized spacial score (nSPS) is 22.4. The average molecular weight is 329 g/mol. The second-order valence-electron chi connectivity index (χ2n) is 7.35. The van der Waals surface area contributed by atoms with Gasteiger partial charge in [0, 0.05) is 32.7 Å². The van der Waals surface area contributed by atoms with E-state index in [0.29, 0.717) is 0 Å². The number of likely N-dealkylation sites (tertiary alicyclic amines) is 2. The van der Waals surface area contributed by atoms with Gasteiger partial charge >= 0.3 is 0 Å². The first-order chi connectivity index (χ1) is 11.7. The SMILES string of the molecule is CN=C(NCCc1cc(C)cc(C)c1)N1CCC(N2CCCC2)C1. The number of guanidine groups is 1. The van der Waals surface area contributed by atoms with Crippen LogP contribution in [-0.4, -0.2) is 61.6 Å². The van der Waals surface area contributed by atoms with Crippen molar-refractivity contribution in [2.75, 3.05) is 39.8 Å². The molecule has 2 aliphatic rings. The Balaban J connectivity index is 1.48. The Hall–Kier alpha value is -1.55. The molecule has 1 unspecified atom stereocenters. The molecule has 132 valence electrons. The molecule has 1 atom stereocenters. The summed E-state index contributed by atoms with van der Waals surface area (Å²) in [4.78, 5) is 9.61. The fourth-order valence-corrected chi connectivity index (χ4v) is 4.20. The number of nitrogens with one attached hydrogen (secondary N) is 1. The van der Waals surface area contributed by atoms with Crippen molar-refractivity contribution in [1.82, 2.24) is 15.1 Å². The molecule has 0 aliphatic carbocycles. The van der Waals surface area contributed by atoms with E-state index in [-0.39, 0.29) is 0 Å². The van der Waals surface area contributed by atoms with Crippen LogP contribution in [0.15, 0.2) is 23.2 Å². The number of nitrogens with zero attached hydrogens (tertiary/aromatic N) is 3. The molecule has 0 amide bonds. The predicted molar refractivity (Wildman–Crippen MR) is 102 cm³/mol. The second kappa shape index (κ2) is 8.02. The quantitative estimate of drug-likeness (QED) is 0.681. The highest BCUT2D eigenvalue weighted by Crippen LogP contribution is 2.20. The third-order valence-corrected chi connectivity index (χ3v) is 5.31. The molecular weight excluding hydrogens is 296 g/mol. The molecule has 2 saturated heterocycles. The van der Waals surface area contributed by atoms with Gasteiger partial charge in [0.2, 0.25) is 0 Å². The van der Waals surface area contributed by atoms with Crippen LogP contribution < -0.4 is 5.32 Å². The Morgan fingerprint density at radius 3 is 2.50 bits per heavy atom. The topological polar surface area (TPSA) is 30.9 Å². The van der Waals surface area contributed by atoms with E-state index >= 15 is 0 Å². The summed E-state index contributed by atoms with van der Waals surface area (Å²) in [6.45, 7) is 10.1. The number of rotatable bonds is 4. The number of aliphatic imine (C=N–C) groups is 1. The molecule has 0 radical (unpaired) electrons. The Morgan fingerprint density at radius 1 is 1.12 bits per heavy atom. The second-order valence-corrected chi connectivity index (χ2v) is 7.35. The molecule has 0 spiro atoms. The van der Waals surface area contributed by atoms with Crippen molar-refractivity contribution in [3.05, 3.63) is 34.9 Å². The van der Waals surface area contributed by atoms with E-state index < -0.39 is 0 Å². The average Bonchev–Trinajstić information content (AvgIpc) is 3.21. The summed E-state index contributed by atoms with van der Waals surface area (Å²) >= 11 is 0. The van der Waals surface area contributed by atoms with Crippen LogP contribution in [0.4, 0.5) is 0 Å². The van der Waals surface area contributed by atoms with Gasteiger partial charge in [-0.3, -0.25) is 9.89 Å². The molecule has 2 heterocycles. The van der Waals surface area contributed by atoms with Crippen LogP contribution in [0.25, 0.3) is 0 Å². The Labute approximate surface area is 146 Å². The van der Waals surface area contributed by atoms with Crippen LogP contribution in [0.2, 0.25) is 0 Å². The highest BCUT2D eigenvalue weighted by Gasteiger charge is 2.30. The molecule has 1 N–H and O–H groups in total. The maximum Gasteiger partial charge on any atom is 0.193 e. The molecule has 4 nitrogen and oxygen atoms in total. The van der Waals surface area contributed by atoms with Crippen molar-refractivity contribution in [3.8, 4) is 0 Å². The first-order valence-electron chi connectivity index (χ1n) is 9.42. The Kier molecular flexibility index (Phi) is 5.77. The van der Waals surface area contributed by atoms with Crippen LogP contribution in [0.3, 0.4) is 0 Å². The van der Waals surface area contributed by atoms with Gasteiger partial charge in [-0.25, -0.2) is 0 Å². The highest BCUT2D eigenvalue weighted by atomic mass is 15.3. The molecule has 2 fully saturated rings. The largest absolute Gasteiger partial charge is 0.356 e. The predicted octanol–water partition coefficient (Wildman–Crippen LogP) is 2.59. The van der Waals surface area contributed by atoms with E-state index in [4.69, 9.17) is 0 Å². The van der Waals surface area contributed by atoms with Gasteiger partial charge < -0.3 is 10.2 Å². The van der Waals surface area contributed by atoms with Crippen molar-refractivity contribution in [1.29, 1.82) is 0 Å². The van der Waals surface area contributed by atoms with E-state index in [1.165, 1.54) is 49.0 Å². The minimum Gasteiger partial charge on any atom is -0.356 e. The fraction of sp³-hybridized carbons (Fsp3) is 0.650. The fourth-order valence-electron chi connectivity index (χ4n) is 4.20. The van der Waals surface area contributed by atoms with Gasteiger partial charge in [0.15, 0.2) is 5.96 Å². The van der Waals surface area contributed by atoms with E-state index in [1.54, 1.807) is 0 Å². The first kappa shape index (κ1) is 17.3. The summed E-state index contributed by atoms with van der Waals surface area (Å²) in [5.74, 6) is 1.07. The number of aryl methyl sites for hydroxylation is 2. The summed E-state index contributed by atoms with van der Waals surface area (Å²) in [7, 11) is 1.91. The van der Waals surface area contributed by atoms with Crippen molar-refractivity contribution >= 4 is 5.96 Å². The van der Waals surface area contributed by atoms with E-state index in [1.807, 2.05) is 7.05 Å². The van der Waals surface area contributed by atoms with Gasteiger partial charge in [-0.15, -0.1) is 0 Å².